The van der Waals surface area contributed by atoms with Crippen molar-refractivity contribution in [2.24, 2.45) is 0 Å². The van der Waals surface area contributed by atoms with Crippen LogP contribution in [0.3, 0.4) is 0 Å². The maximum atomic E-state index is 11.5. The number of carbonyl (C=O) groups excluding carboxylic acids is 1. The van der Waals surface area contributed by atoms with Crippen LogP contribution in [0.4, 0.5) is 10.5 Å². The van der Waals surface area contributed by atoms with E-state index in [1.165, 1.54) is 0 Å². The summed E-state index contributed by atoms with van der Waals surface area (Å²) in [6.45, 7) is 3.23. The summed E-state index contributed by atoms with van der Waals surface area (Å²) in [7, 11) is 0. The Hall–Kier alpha value is -2.24. The Morgan fingerprint density at radius 3 is 2.61 bits per heavy atom. The van der Waals surface area contributed by atoms with Gasteiger partial charge in [-0.1, -0.05) is 12.1 Å². The topological polar surface area (TPSA) is 87.7 Å². The van der Waals surface area contributed by atoms with Gasteiger partial charge >= 0.3 is 12.0 Å². The number of para-hydroxylation sites is 2. The predicted octanol–water partition coefficient (Wildman–Crippen LogP) is 1.68. The molecule has 0 saturated heterocycles. The van der Waals surface area contributed by atoms with Crippen LogP contribution < -0.4 is 15.4 Å². The monoisotopic (exact) mass is 252 g/mol. The van der Waals surface area contributed by atoms with Crippen LogP contribution in [-0.4, -0.2) is 29.8 Å². The van der Waals surface area contributed by atoms with Crippen LogP contribution in [0.1, 0.15) is 13.8 Å². The average molecular weight is 252 g/mol. The highest BCUT2D eigenvalue weighted by Crippen LogP contribution is 2.23. The summed E-state index contributed by atoms with van der Waals surface area (Å²) in [4.78, 5) is 21.9. The molecule has 0 radical (unpaired) electrons. The molecule has 0 unspecified atom stereocenters. The molecule has 0 aromatic heterocycles. The number of nitrogens with one attached hydrogen (secondary N) is 2. The zero-order valence-electron chi connectivity index (χ0n) is 10.3. The number of anilines is 1. The predicted molar refractivity (Wildman–Crippen MR) is 66.9 cm³/mol. The number of benzene rings is 1. The molecule has 0 bridgehead atoms. The van der Waals surface area contributed by atoms with Gasteiger partial charge in [-0.25, -0.2) is 9.59 Å². The summed E-state index contributed by atoms with van der Waals surface area (Å²) in [5.74, 6) is -0.754. The second-order valence-corrected chi connectivity index (χ2v) is 3.93. The first kappa shape index (κ1) is 13.8. The molecule has 1 aromatic rings. The van der Waals surface area contributed by atoms with E-state index in [-0.39, 0.29) is 12.1 Å². The third-order valence-corrected chi connectivity index (χ3v) is 1.91. The molecule has 0 fully saturated rings. The number of hydrogen-bond acceptors (Lipinski definition) is 3. The fraction of sp³-hybridized carbons (Fsp3) is 0.333. The van der Waals surface area contributed by atoms with Crippen LogP contribution >= 0.6 is 0 Å². The summed E-state index contributed by atoms with van der Waals surface area (Å²) in [5.41, 5.74) is 0.428. The number of aliphatic carboxylic acids is 1. The van der Waals surface area contributed by atoms with E-state index < -0.39 is 12.6 Å². The highest BCUT2D eigenvalue weighted by atomic mass is 16.5. The highest BCUT2D eigenvalue weighted by Gasteiger charge is 2.09. The summed E-state index contributed by atoms with van der Waals surface area (Å²) in [6.07, 6.45) is 0. The summed E-state index contributed by atoms with van der Waals surface area (Å²) in [6, 6.07) is 6.29. The molecule has 0 aliphatic heterocycles. The van der Waals surface area contributed by atoms with E-state index >= 15 is 0 Å². The quantitative estimate of drug-likeness (QED) is 0.744. The third-order valence-electron chi connectivity index (χ3n) is 1.91. The minimum absolute atomic E-state index is 0.0112. The van der Waals surface area contributed by atoms with Crippen molar-refractivity contribution < 1.29 is 19.4 Å². The van der Waals surface area contributed by atoms with Crippen molar-refractivity contribution in [2.75, 3.05) is 11.9 Å². The SMILES string of the molecule is CC(C)NC(=O)Nc1ccccc1OCC(=O)O. The Balaban J connectivity index is 2.69. The van der Waals surface area contributed by atoms with E-state index in [9.17, 15) is 9.59 Å². The summed E-state index contributed by atoms with van der Waals surface area (Å²) in [5, 5.41) is 13.8. The number of carboxylic acid groups (broad SMARTS) is 1. The first-order valence-electron chi connectivity index (χ1n) is 5.50. The van der Waals surface area contributed by atoms with Gasteiger partial charge in [0.05, 0.1) is 5.69 Å². The Bertz CT molecular complexity index is 432. The Morgan fingerprint density at radius 2 is 2.00 bits per heavy atom. The number of rotatable bonds is 5. The molecule has 2 amide bonds. The van der Waals surface area contributed by atoms with E-state index in [0.29, 0.717) is 11.4 Å². The van der Waals surface area contributed by atoms with E-state index in [4.69, 9.17) is 9.84 Å². The molecular weight excluding hydrogens is 236 g/mol. The third kappa shape index (κ3) is 4.73. The molecule has 0 spiro atoms. The smallest absolute Gasteiger partial charge is 0.341 e. The van der Waals surface area contributed by atoms with Gasteiger partial charge in [0, 0.05) is 6.04 Å². The molecule has 6 heteroatoms. The van der Waals surface area contributed by atoms with Crippen LogP contribution in [0.15, 0.2) is 24.3 Å². The van der Waals surface area contributed by atoms with Crippen LogP contribution in [0.2, 0.25) is 0 Å². The van der Waals surface area contributed by atoms with Crippen LogP contribution in [0, 0.1) is 0 Å². The van der Waals surface area contributed by atoms with Crippen molar-refractivity contribution in [3.8, 4) is 5.75 Å². The van der Waals surface area contributed by atoms with Crippen LogP contribution in [0.5, 0.6) is 5.75 Å². The number of urea groups is 1. The first-order valence-corrected chi connectivity index (χ1v) is 5.50. The lowest BCUT2D eigenvalue weighted by molar-refractivity contribution is -0.139. The fourth-order valence-electron chi connectivity index (χ4n) is 1.26. The minimum atomic E-state index is -1.07. The lowest BCUT2D eigenvalue weighted by Crippen LogP contribution is -2.34. The first-order chi connectivity index (χ1) is 8.49. The van der Waals surface area contributed by atoms with Crippen molar-refractivity contribution in [1.82, 2.24) is 5.32 Å². The number of carboxylic acids is 1. The minimum Gasteiger partial charge on any atom is -0.480 e. The van der Waals surface area contributed by atoms with Gasteiger partial charge in [-0.2, -0.15) is 0 Å². The molecule has 0 saturated carbocycles. The molecule has 0 heterocycles. The van der Waals surface area contributed by atoms with E-state index in [2.05, 4.69) is 10.6 Å². The normalized spacial score (nSPS) is 9.94. The van der Waals surface area contributed by atoms with Gasteiger partial charge in [-0.3, -0.25) is 0 Å². The molecule has 98 valence electrons. The van der Waals surface area contributed by atoms with Gasteiger partial charge < -0.3 is 20.5 Å². The van der Waals surface area contributed by atoms with Gasteiger partial charge in [0.25, 0.3) is 0 Å². The number of amides is 2. The van der Waals surface area contributed by atoms with Crippen molar-refractivity contribution in [1.29, 1.82) is 0 Å². The number of ether oxygens (including phenoxy) is 1. The van der Waals surface area contributed by atoms with Crippen molar-refractivity contribution in [2.45, 2.75) is 19.9 Å². The Kier molecular flexibility index (Phi) is 4.98. The molecule has 6 nitrogen and oxygen atoms in total. The van der Waals surface area contributed by atoms with Crippen molar-refractivity contribution >= 4 is 17.7 Å². The maximum absolute atomic E-state index is 11.5. The number of hydrogen-bond donors (Lipinski definition) is 3. The van der Waals surface area contributed by atoms with Crippen molar-refractivity contribution in [3.63, 3.8) is 0 Å². The zero-order chi connectivity index (χ0) is 13.5. The molecule has 0 aliphatic carbocycles. The molecular formula is C12H16N2O4. The van der Waals surface area contributed by atoms with E-state index in [0.717, 1.165) is 0 Å². The van der Waals surface area contributed by atoms with E-state index in [1.54, 1.807) is 24.3 Å². The molecule has 1 aromatic carbocycles. The fourth-order valence-corrected chi connectivity index (χ4v) is 1.26. The van der Waals surface area contributed by atoms with Crippen LogP contribution in [0.25, 0.3) is 0 Å². The van der Waals surface area contributed by atoms with Crippen LogP contribution in [-0.2, 0) is 4.79 Å². The average Bonchev–Trinajstić information content (AvgIpc) is 2.26. The lowest BCUT2D eigenvalue weighted by Gasteiger charge is -2.13. The van der Waals surface area contributed by atoms with Gasteiger partial charge in [0.15, 0.2) is 6.61 Å². The van der Waals surface area contributed by atoms with Gasteiger partial charge in [0.2, 0.25) is 0 Å². The Morgan fingerprint density at radius 1 is 1.33 bits per heavy atom. The number of carbonyl (C=O) groups is 2. The summed E-state index contributed by atoms with van der Waals surface area (Å²) >= 11 is 0. The van der Waals surface area contributed by atoms with Crippen molar-refractivity contribution in [3.05, 3.63) is 24.3 Å². The standard InChI is InChI=1S/C12H16N2O4/c1-8(2)13-12(17)14-9-5-3-4-6-10(9)18-7-11(15)16/h3-6,8H,7H2,1-2H3,(H,15,16)(H2,13,14,17). The molecule has 1 rings (SSSR count). The Labute approximate surface area is 105 Å². The molecule has 0 atom stereocenters. The lowest BCUT2D eigenvalue weighted by atomic mass is 10.3. The molecule has 3 N–H and O–H groups in total. The molecule has 18 heavy (non-hydrogen) atoms. The van der Waals surface area contributed by atoms with E-state index in [1.807, 2.05) is 13.8 Å². The largest absolute Gasteiger partial charge is 0.480 e. The maximum Gasteiger partial charge on any atom is 0.341 e. The molecule has 0 aliphatic rings. The van der Waals surface area contributed by atoms with Gasteiger partial charge in [-0.15, -0.1) is 0 Å². The van der Waals surface area contributed by atoms with Gasteiger partial charge in [0.1, 0.15) is 5.75 Å². The zero-order valence-corrected chi connectivity index (χ0v) is 10.3. The van der Waals surface area contributed by atoms with Gasteiger partial charge in [-0.05, 0) is 26.0 Å². The second-order valence-electron chi connectivity index (χ2n) is 3.93. The highest BCUT2D eigenvalue weighted by molar-refractivity contribution is 5.91. The summed E-state index contributed by atoms with van der Waals surface area (Å²) < 4.78 is 5.06. The second kappa shape index (κ2) is 6.48.